The summed E-state index contributed by atoms with van der Waals surface area (Å²) in [5.41, 5.74) is 5.69. The van der Waals surface area contributed by atoms with Gasteiger partial charge in [0.15, 0.2) is 5.13 Å². The molecule has 4 heteroatoms. The Bertz CT molecular complexity index is 348. The Kier molecular flexibility index (Phi) is 4.40. The van der Waals surface area contributed by atoms with Crippen LogP contribution in [0.1, 0.15) is 44.4 Å². The van der Waals surface area contributed by atoms with Crippen LogP contribution in [0.25, 0.3) is 0 Å². The Morgan fingerprint density at radius 2 is 2.35 bits per heavy atom. The summed E-state index contributed by atoms with van der Waals surface area (Å²) < 4.78 is 0. The van der Waals surface area contributed by atoms with E-state index in [1.165, 1.54) is 37.1 Å². The highest BCUT2D eigenvalue weighted by atomic mass is 32.1. The van der Waals surface area contributed by atoms with Crippen molar-refractivity contribution in [2.24, 2.45) is 5.92 Å². The lowest BCUT2D eigenvalue weighted by Crippen LogP contribution is -2.39. The summed E-state index contributed by atoms with van der Waals surface area (Å²) in [5.74, 6) is 0.784. The van der Waals surface area contributed by atoms with E-state index in [0.717, 1.165) is 18.5 Å². The molecule has 96 valence electrons. The lowest BCUT2D eigenvalue weighted by Gasteiger charge is -2.36. The van der Waals surface area contributed by atoms with E-state index in [2.05, 4.69) is 23.7 Å². The van der Waals surface area contributed by atoms with Gasteiger partial charge in [-0.15, -0.1) is 11.3 Å². The molecule has 0 bridgehead atoms. The van der Waals surface area contributed by atoms with Crippen LogP contribution >= 0.6 is 11.3 Å². The normalized spacial score (nSPS) is 22.2. The summed E-state index contributed by atoms with van der Waals surface area (Å²) in [4.78, 5) is 8.06. The summed E-state index contributed by atoms with van der Waals surface area (Å²) in [6.45, 7) is 6.90. The minimum atomic E-state index is 0.692. The van der Waals surface area contributed by atoms with Crippen molar-refractivity contribution in [1.82, 2.24) is 9.88 Å². The van der Waals surface area contributed by atoms with Gasteiger partial charge in [0.25, 0.3) is 0 Å². The minimum Gasteiger partial charge on any atom is -0.375 e. The van der Waals surface area contributed by atoms with Crippen LogP contribution in [0.2, 0.25) is 0 Å². The molecule has 1 saturated heterocycles. The molecule has 1 atom stereocenters. The molecular weight excluding hydrogens is 230 g/mol. The molecule has 0 aromatic carbocycles. The van der Waals surface area contributed by atoms with E-state index in [0.29, 0.717) is 5.13 Å². The van der Waals surface area contributed by atoms with Gasteiger partial charge in [-0.25, -0.2) is 4.98 Å². The molecule has 0 spiro atoms. The molecule has 2 N–H and O–H groups in total. The van der Waals surface area contributed by atoms with Crippen molar-refractivity contribution in [3.05, 3.63) is 11.1 Å². The molecule has 1 fully saturated rings. The molecule has 1 aliphatic heterocycles. The van der Waals surface area contributed by atoms with Crippen molar-refractivity contribution in [2.45, 2.75) is 52.1 Å². The monoisotopic (exact) mass is 253 g/mol. The molecule has 1 aliphatic rings. The van der Waals surface area contributed by atoms with Crippen LogP contribution in [0.5, 0.6) is 0 Å². The third-order valence-corrected chi connectivity index (χ3v) is 4.23. The zero-order chi connectivity index (χ0) is 12.3. The van der Waals surface area contributed by atoms with Crippen LogP contribution in [0, 0.1) is 5.92 Å². The average molecular weight is 253 g/mol. The van der Waals surface area contributed by atoms with E-state index < -0.39 is 0 Å². The summed E-state index contributed by atoms with van der Waals surface area (Å²) in [5, 5.41) is 0.692. The predicted molar refractivity (Wildman–Crippen MR) is 74.0 cm³/mol. The molecule has 0 radical (unpaired) electrons. The van der Waals surface area contributed by atoms with Crippen molar-refractivity contribution in [3.63, 3.8) is 0 Å². The second-order valence-electron chi connectivity index (χ2n) is 5.41. The zero-order valence-corrected chi connectivity index (χ0v) is 11.7. The lowest BCUT2D eigenvalue weighted by atomic mass is 9.94. The lowest BCUT2D eigenvalue weighted by molar-refractivity contribution is 0.123. The number of aromatic nitrogens is 1. The van der Waals surface area contributed by atoms with Gasteiger partial charge < -0.3 is 5.73 Å². The first-order valence-electron chi connectivity index (χ1n) is 6.59. The summed E-state index contributed by atoms with van der Waals surface area (Å²) in [7, 11) is 0. The highest BCUT2D eigenvalue weighted by Crippen LogP contribution is 2.26. The first-order chi connectivity index (χ1) is 8.15. The first-order valence-corrected chi connectivity index (χ1v) is 7.41. The van der Waals surface area contributed by atoms with Crippen molar-refractivity contribution in [1.29, 1.82) is 0 Å². The van der Waals surface area contributed by atoms with Crippen LogP contribution in [-0.4, -0.2) is 22.5 Å². The number of nitrogen functional groups attached to an aromatic ring is 1. The van der Waals surface area contributed by atoms with Gasteiger partial charge >= 0.3 is 0 Å². The molecule has 1 aromatic rings. The van der Waals surface area contributed by atoms with Gasteiger partial charge in [0.05, 0.1) is 0 Å². The van der Waals surface area contributed by atoms with Crippen LogP contribution < -0.4 is 5.73 Å². The number of nitrogens with zero attached hydrogens (tertiary/aromatic N) is 2. The number of hydrogen-bond donors (Lipinski definition) is 1. The van der Waals surface area contributed by atoms with Crippen LogP contribution in [0.3, 0.4) is 0 Å². The maximum atomic E-state index is 5.69. The Balaban J connectivity index is 1.96. The predicted octanol–water partition coefficient (Wildman–Crippen LogP) is 3.13. The smallest absolute Gasteiger partial charge is 0.180 e. The second kappa shape index (κ2) is 5.83. The third-order valence-electron chi connectivity index (χ3n) is 3.42. The number of nitrogens with two attached hydrogens (primary N) is 1. The Hall–Kier alpha value is -0.610. The van der Waals surface area contributed by atoms with Crippen molar-refractivity contribution >= 4 is 16.5 Å². The van der Waals surface area contributed by atoms with Gasteiger partial charge in [-0.1, -0.05) is 20.3 Å². The Morgan fingerprint density at radius 3 is 3.00 bits per heavy atom. The van der Waals surface area contributed by atoms with E-state index in [4.69, 9.17) is 5.73 Å². The molecule has 17 heavy (non-hydrogen) atoms. The van der Waals surface area contributed by atoms with Crippen LogP contribution in [0.15, 0.2) is 6.20 Å². The minimum absolute atomic E-state index is 0.692. The topological polar surface area (TPSA) is 42.2 Å². The molecule has 0 amide bonds. The van der Waals surface area contributed by atoms with Gasteiger partial charge in [-0.3, -0.25) is 4.90 Å². The van der Waals surface area contributed by atoms with Gasteiger partial charge in [-0.05, 0) is 31.7 Å². The summed E-state index contributed by atoms with van der Waals surface area (Å²) >= 11 is 1.63. The number of thiazole rings is 1. The maximum absolute atomic E-state index is 5.69. The van der Waals surface area contributed by atoms with E-state index in [1.54, 1.807) is 11.3 Å². The highest BCUT2D eigenvalue weighted by molar-refractivity contribution is 7.15. The summed E-state index contributed by atoms with van der Waals surface area (Å²) in [6, 6.07) is 0.757. The van der Waals surface area contributed by atoms with E-state index >= 15 is 0 Å². The standard InChI is InChI=1S/C13H23N3S/c1-10(2)7-11-5-3-4-6-16(11)9-12-8-15-13(14)17-12/h8,10-11H,3-7,9H2,1-2H3,(H2,14,15). The van der Waals surface area contributed by atoms with Gasteiger partial charge in [0, 0.05) is 23.7 Å². The molecule has 0 aliphatic carbocycles. The molecule has 1 aromatic heterocycles. The molecular formula is C13H23N3S. The molecule has 3 nitrogen and oxygen atoms in total. The van der Waals surface area contributed by atoms with Crippen LogP contribution in [-0.2, 0) is 6.54 Å². The number of likely N-dealkylation sites (tertiary alicyclic amines) is 1. The first kappa shape index (κ1) is 12.8. The molecule has 2 rings (SSSR count). The van der Waals surface area contributed by atoms with Gasteiger partial charge in [0.1, 0.15) is 0 Å². The van der Waals surface area contributed by atoms with E-state index in [-0.39, 0.29) is 0 Å². The Morgan fingerprint density at radius 1 is 1.53 bits per heavy atom. The zero-order valence-electron chi connectivity index (χ0n) is 10.9. The maximum Gasteiger partial charge on any atom is 0.180 e. The quantitative estimate of drug-likeness (QED) is 0.896. The van der Waals surface area contributed by atoms with Gasteiger partial charge in [0.2, 0.25) is 0 Å². The number of anilines is 1. The molecule has 2 heterocycles. The third kappa shape index (κ3) is 3.68. The number of hydrogen-bond acceptors (Lipinski definition) is 4. The Labute approximate surface area is 108 Å². The highest BCUT2D eigenvalue weighted by Gasteiger charge is 2.23. The van der Waals surface area contributed by atoms with Gasteiger partial charge in [-0.2, -0.15) is 0 Å². The SMILES string of the molecule is CC(C)CC1CCCCN1Cc1cnc(N)s1. The largest absolute Gasteiger partial charge is 0.375 e. The second-order valence-corrected chi connectivity index (χ2v) is 6.56. The van der Waals surface area contributed by atoms with Crippen LogP contribution in [0.4, 0.5) is 5.13 Å². The molecule has 1 unspecified atom stereocenters. The van der Waals surface area contributed by atoms with E-state index in [9.17, 15) is 0 Å². The van der Waals surface area contributed by atoms with Crippen molar-refractivity contribution in [3.8, 4) is 0 Å². The summed E-state index contributed by atoms with van der Waals surface area (Å²) in [6.07, 6.45) is 7.32. The van der Waals surface area contributed by atoms with Crippen molar-refractivity contribution < 1.29 is 0 Å². The average Bonchev–Trinajstić information content (AvgIpc) is 2.66. The van der Waals surface area contributed by atoms with Crippen molar-refractivity contribution in [2.75, 3.05) is 12.3 Å². The fraction of sp³-hybridized carbons (Fsp3) is 0.769. The van der Waals surface area contributed by atoms with E-state index in [1.807, 2.05) is 6.20 Å². The fourth-order valence-corrected chi connectivity index (χ4v) is 3.38. The number of rotatable bonds is 4. The fourth-order valence-electron chi connectivity index (χ4n) is 2.68. The molecule has 0 saturated carbocycles. The number of piperidine rings is 1.